The van der Waals surface area contributed by atoms with Gasteiger partial charge < -0.3 is 10.2 Å². The van der Waals surface area contributed by atoms with Crippen molar-refractivity contribution in [2.24, 2.45) is 0 Å². The molecule has 23 heavy (non-hydrogen) atoms. The van der Waals surface area contributed by atoms with E-state index in [4.69, 9.17) is 0 Å². The summed E-state index contributed by atoms with van der Waals surface area (Å²) < 4.78 is 13.0. The van der Waals surface area contributed by atoms with Gasteiger partial charge >= 0.3 is 0 Å². The standard InChI is InChI=1S/C18H21FN4/c19-15-5-3-14(4-6-15)12-22-10-11-23-16(13-22)7-9-20-17-2-1-8-21-18(17)23/h1-6,8,16,20H,7,9-13H2. The fourth-order valence-electron chi connectivity index (χ4n) is 3.57. The molecule has 1 aromatic heterocycles. The van der Waals surface area contributed by atoms with Crippen LogP contribution in [0, 0.1) is 5.82 Å². The molecular formula is C18H21FN4. The van der Waals surface area contributed by atoms with Crippen molar-refractivity contribution in [1.82, 2.24) is 9.88 Å². The lowest BCUT2D eigenvalue weighted by atomic mass is 10.1. The molecule has 4 nitrogen and oxygen atoms in total. The van der Waals surface area contributed by atoms with Crippen molar-refractivity contribution in [2.75, 3.05) is 36.4 Å². The zero-order chi connectivity index (χ0) is 15.6. The van der Waals surface area contributed by atoms with Crippen LogP contribution in [0.1, 0.15) is 12.0 Å². The molecule has 4 rings (SSSR count). The topological polar surface area (TPSA) is 31.4 Å². The van der Waals surface area contributed by atoms with Crippen molar-refractivity contribution < 1.29 is 4.39 Å². The highest BCUT2D eigenvalue weighted by atomic mass is 19.1. The van der Waals surface area contributed by atoms with Crippen LogP contribution in [-0.2, 0) is 6.54 Å². The Morgan fingerprint density at radius 3 is 2.91 bits per heavy atom. The Hall–Kier alpha value is -2.14. The number of benzene rings is 1. The van der Waals surface area contributed by atoms with E-state index in [1.54, 1.807) is 12.1 Å². The molecule has 0 spiro atoms. The lowest BCUT2D eigenvalue weighted by Crippen LogP contribution is -2.53. The first-order valence-electron chi connectivity index (χ1n) is 8.22. The minimum absolute atomic E-state index is 0.170. The van der Waals surface area contributed by atoms with Crippen LogP contribution in [0.2, 0.25) is 0 Å². The number of rotatable bonds is 2. The summed E-state index contributed by atoms with van der Waals surface area (Å²) in [5.41, 5.74) is 2.31. The van der Waals surface area contributed by atoms with Crippen LogP contribution in [0.25, 0.3) is 0 Å². The van der Waals surface area contributed by atoms with Gasteiger partial charge in [-0.25, -0.2) is 9.37 Å². The van der Waals surface area contributed by atoms with Crippen LogP contribution in [0.15, 0.2) is 42.6 Å². The van der Waals surface area contributed by atoms with E-state index in [9.17, 15) is 4.39 Å². The molecule has 1 fully saturated rings. The third-order valence-corrected chi connectivity index (χ3v) is 4.74. The summed E-state index contributed by atoms with van der Waals surface area (Å²) in [6.45, 7) is 4.87. The number of aromatic nitrogens is 1. The minimum atomic E-state index is -0.170. The van der Waals surface area contributed by atoms with E-state index in [2.05, 4.69) is 26.2 Å². The van der Waals surface area contributed by atoms with Crippen LogP contribution in [0.4, 0.5) is 15.9 Å². The second-order valence-electron chi connectivity index (χ2n) is 6.30. The molecular weight excluding hydrogens is 291 g/mol. The number of pyridine rings is 1. The highest BCUT2D eigenvalue weighted by Crippen LogP contribution is 2.30. The van der Waals surface area contributed by atoms with Crippen molar-refractivity contribution in [3.8, 4) is 0 Å². The van der Waals surface area contributed by atoms with E-state index in [-0.39, 0.29) is 5.82 Å². The Morgan fingerprint density at radius 1 is 1.17 bits per heavy atom. The number of nitrogens with zero attached hydrogens (tertiary/aromatic N) is 3. The van der Waals surface area contributed by atoms with Gasteiger partial charge in [0, 0.05) is 45.0 Å². The Balaban J connectivity index is 1.48. The molecule has 0 radical (unpaired) electrons. The van der Waals surface area contributed by atoms with E-state index in [1.165, 1.54) is 5.56 Å². The number of halogens is 1. The maximum absolute atomic E-state index is 13.0. The van der Waals surface area contributed by atoms with Gasteiger partial charge in [0.2, 0.25) is 0 Å². The number of nitrogens with one attached hydrogen (secondary N) is 1. The number of fused-ring (bicyclic) bond motifs is 3. The number of anilines is 2. The molecule has 0 saturated carbocycles. The van der Waals surface area contributed by atoms with E-state index in [0.717, 1.165) is 50.6 Å². The Morgan fingerprint density at radius 2 is 2.04 bits per heavy atom. The summed E-state index contributed by atoms with van der Waals surface area (Å²) in [7, 11) is 0. The van der Waals surface area contributed by atoms with Gasteiger partial charge in [0.15, 0.2) is 5.82 Å². The van der Waals surface area contributed by atoms with E-state index >= 15 is 0 Å². The molecule has 1 unspecified atom stereocenters. The lowest BCUT2D eigenvalue weighted by molar-refractivity contribution is 0.212. The Labute approximate surface area is 135 Å². The maximum Gasteiger partial charge on any atom is 0.152 e. The Kier molecular flexibility index (Phi) is 3.87. The fraction of sp³-hybridized carbons (Fsp3) is 0.389. The highest BCUT2D eigenvalue weighted by molar-refractivity contribution is 5.67. The normalized spacial score (nSPS) is 21.1. The molecule has 2 aliphatic rings. The molecule has 120 valence electrons. The van der Waals surface area contributed by atoms with Crippen molar-refractivity contribution in [2.45, 2.75) is 19.0 Å². The van der Waals surface area contributed by atoms with Gasteiger partial charge in [-0.3, -0.25) is 4.90 Å². The molecule has 5 heteroatoms. The Bertz CT molecular complexity index is 673. The third-order valence-electron chi connectivity index (χ3n) is 4.74. The van der Waals surface area contributed by atoms with Crippen molar-refractivity contribution in [1.29, 1.82) is 0 Å². The number of hydrogen-bond donors (Lipinski definition) is 1. The quantitative estimate of drug-likeness (QED) is 0.924. The largest absolute Gasteiger partial charge is 0.382 e. The van der Waals surface area contributed by atoms with Gasteiger partial charge in [-0.2, -0.15) is 0 Å². The summed E-state index contributed by atoms with van der Waals surface area (Å²) >= 11 is 0. The van der Waals surface area contributed by atoms with E-state index < -0.39 is 0 Å². The molecule has 0 amide bonds. The summed E-state index contributed by atoms with van der Waals surface area (Å²) in [6.07, 6.45) is 2.98. The van der Waals surface area contributed by atoms with Gasteiger partial charge in [0.25, 0.3) is 0 Å². The zero-order valence-corrected chi connectivity index (χ0v) is 13.1. The second-order valence-corrected chi connectivity index (χ2v) is 6.30. The van der Waals surface area contributed by atoms with Crippen molar-refractivity contribution >= 4 is 11.5 Å². The van der Waals surface area contributed by atoms with Crippen LogP contribution in [0.3, 0.4) is 0 Å². The second kappa shape index (κ2) is 6.16. The minimum Gasteiger partial charge on any atom is -0.382 e. The smallest absolute Gasteiger partial charge is 0.152 e. The van der Waals surface area contributed by atoms with Gasteiger partial charge in [0.1, 0.15) is 5.82 Å². The van der Waals surface area contributed by atoms with Crippen LogP contribution in [0.5, 0.6) is 0 Å². The third kappa shape index (κ3) is 3.01. The van der Waals surface area contributed by atoms with Crippen LogP contribution in [-0.4, -0.2) is 42.1 Å². The first-order chi connectivity index (χ1) is 11.3. The molecule has 2 aliphatic heterocycles. The summed E-state index contributed by atoms with van der Waals surface area (Å²) in [5, 5.41) is 3.49. The zero-order valence-electron chi connectivity index (χ0n) is 13.1. The number of piperazine rings is 1. The van der Waals surface area contributed by atoms with Gasteiger partial charge in [-0.1, -0.05) is 12.1 Å². The first-order valence-corrected chi connectivity index (χ1v) is 8.22. The van der Waals surface area contributed by atoms with E-state index in [1.807, 2.05) is 24.4 Å². The summed E-state index contributed by atoms with van der Waals surface area (Å²) in [4.78, 5) is 9.49. The molecule has 1 N–H and O–H groups in total. The molecule has 3 heterocycles. The molecule has 1 aromatic carbocycles. The average molecular weight is 312 g/mol. The summed E-state index contributed by atoms with van der Waals surface area (Å²) in [6, 6.07) is 11.4. The first kappa shape index (κ1) is 14.5. The summed E-state index contributed by atoms with van der Waals surface area (Å²) in [5.74, 6) is 0.910. The predicted octanol–water partition coefficient (Wildman–Crippen LogP) is 2.73. The van der Waals surface area contributed by atoms with Crippen LogP contribution >= 0.6 is 0 Å². The number of hydrogen-bond acceptors (Lipinski definition) is 4. The van der Waals surface area contributed by atoms with Crippen molar-refractivity contribution in [3.05, 3.63) is 54.0 Å². The lowest BCUT2D eigenvalue weighted by Gasteiger charge is -2.41. The van der Waals surface area contributed by atoms with Gasteiger partial charge in [0.05, 0.1) is 5.69 Å². The van der Waals surface area contributed by atoms with Crippen molar-refractivity contribution in [3.63, 3.8) is 0 Å². The van der Waals surface area contributed by atoms with Gasteiger partial charge in [-0.05, 0) is 36.2 Å². The van der Waals surface area contributed by atoms with E-state index in [0.29, 0.717) is 6.04 Å². The highest BCUT2D eigenvalue weighted by Gasteiger charge is 2.30. The van der Waals surface area contributed by atoms with Gasteiger partial charge in [-0.15, -0.1) is 0 Å². The monoisotopic (exact) mass is 312 g/mol. The molecule has 1 saturated heterocycles. The molecule has 1 atom stereocenters. The molecule has 0 bridgehead atoms. The average Bonchev–Trinajstić information content (AvgIpc) is 2.76. The van der Waals surface area contributed by atoms with Crippen LogP contribution < -0.4 is 10.2 Å². The fourth-order valence-corrected chi connectivity index (χ4v) is 3.57. The maximum atomic E-state index is 13.0. The predicted molar refractivity (Wildman–Crippen MR) is 90.2 cm³/mol. The SMILES string of the molecule is Fc1ccc(CN2CCN3c4ncccc4NCCC3C2)cc1. The molecule has 0 aliphatic carbocycles. The molecule has 2 aromatic rings.